The number of rotatable bonds is 3. The SMILES string of the molecule is Cc1ccc2ccccc2c1-c1cc2c3ccc(-c4ccc5ccccc5c4)cc3c(-c3c(C)ccc4ccccc34)cc2c2ccccc12. The van der Waals surface area contributed by atoms with Gasteiger partial charge < -0.3 is 0 Å². The third-order valence-electron chi connectivity index (χ3n) is 10.9. The van der Waals surface area contributed by atoms with Crippen molar-refractivity contribution in [3.8, 4) is 33.4 Å². The lowest BCUT2D eigenvalue weighted by molar-refractivity contribution is 1.50. The van der Waals surface area contributed by atoms with Gasteiger partial charge in [0, 0.05) is 0 Å². The van der Waals surface area contributed by atoms with E-state index < -0.39 is 0 Å². The van der Waals surface area contributed by atoms with Crippen LogP contribution in [0.5, 0.6) is 0 Å². The van der Waals surface area contributed by atoms with Gasteiger partial charge in [-0.05, 0) is 147 Å². The first-order valence-electron chi connectivity index (χ1n) is 17.5. The van der Waals surface area contributed by atoms with E-state index in [1.54, 1.807) is 0 Å². The van der Waals surface area contributed by atoms with Gasteiger partial charge in [0.15, 0.2) is 0 Å². The van der Waals surface area contributed by atoms with E-state index in [0.29, 0.717) is 0 Å². The van der Waals surface area contributed by atoms with Crippen molar-refractivity contribution in [2.45, 2.75) is 13.8 Å². The molecule has 0 aromatic heterocycles. The molecule has 0 aliphatic carbocycles. The predicted octanol–water partition coefficient (Wildman–Crippen LogP) is 14.2. The Morgan fingerprint density at radius 1 is 0.260 bits per heavy atom. The normalized spacial score (nSPS) is 11.8. The minimum absolute atomic E-state index is 1.23. The number of fused-ring (bicyclic) bond motifs is 8. The second-order valence-corrected chi connectivity index (χ2v) is 13.8. The molecule has 0 aliphatic heterocycles. The van der Waals surface area contributed by atoms with Crippen LogP contribution in [0.2, 0.25) is 0 Å². The lowest BCUT2D eigenvalue weighted by Gasteiger charge is -2.20. The van der Waals surface area contributed by atoms with Crippen LogP contribution in [0.3, 0.4) is 0 Å². The molecule has 0 spiro atoms. The van der Waals surface area contributed by atoms with E-state index in [9.17, 15) is 0 Å². The van der Waals surface area contributed by atoms with Crippen LogP contribution < -0.4 is 0 Å². The smallest absolute Gasteiger partial charge is 0.00697 e. The molecule has 0 radical (unpaired) electrons. The van der Waals surface area contributed by atoms with Crippen LogP contribution in [0.25, 0.3) is 98.0 Å². The van der Waals surface area contributed by atoms with E-state index in [0.717, 1.165) is 0 Å². The summed E-state index contributed by atoms with van der Waals surface area (Å²) in [6.45, 7) is 4.51. The molecule has 0 unspecified atom stereocenters. The van der Waals surface area contributed by atoms with Gasteiger partial charge in [-0.1, -0.05) is 146 Å². The molecule has 50 heavy (non-hydrogen) atoms. The summed E-state index contributed by atoms with van der Waals surface area (Å²) in [5, 5.41) is 15.3. The molecule has 0 heteroatoms. The number of hydrogen-bond donors (Lipinski definition) is 0. The standard InChI is InChI=1S/C50H34/c1-31-19-21-34-12-5-7-15-39(34)49(31)47-29-46-43-26-25-38(37-24-23-33-11-3-4-14-36(33)27-37)28-44(43)48(30-45(46)41-17-9-10-18-42(41)47)50-32(2)20-22-35-13-6-8-16-40(35)50/h3-30H,1-2H3. The van der Waals surface area contributed by atoms with Gasteiger partial charge in [0.05, 0.1) is 0 Å². The highest BCUT2D eigenvalue weighted by Gasteiger charge is 2.19. The van der Waals surface area contributed by atoms with Crippen molar-refractivity contribution in [3.05, 3.63) is 181 Å². The van der Waals surface area contributed by atoms with E-state index in [-0.39, 0.29) is 0 Å². The van der Waals surface area contributed by atoms with Gasteiger partial charge in [0.25, 0.3) is 0 Å². The molecular formula is C50H34. The second kappa shape index (κ2) is 11.2. The molecule has 0 nitrogen and oxygen atoms in total. The highest BCUT2D eigenvalue weighted by Crippen LogP contribution is 2.46. The third kappa shape index (κ3) is 4.39. The van der Waals surface area contributed by atoms with Gasteiger partial charge in [0.1, 0.15) is 0 Å². The van der Waals surface area contributed by atoms with Gasteiger partial charge >= 0.3 is 0 Å². The van der Waals surface area contributed by atoms with Crippen LogP contribution in [-0.2, 0) is 0 Å². The Hall–Kier alpha value is -6.24. The third-order valence-corrected chi connectivity index (χ3v) is 10.9. The molecule has 0 aliphatic rings. The Morgan fingerprint density at radius 2 is 0.700 bits per heavy atom. The van der Waals surface area contributed by atoms with Gasteiger partial charge in [-0.15, -0.1) is 0 Å². The summed E-state index contributed by atoms with van der Waals surface area (Å²) in [6, 6.07) is 63.3. The average molecular weight is 635 g/mol. The molecule has 0 atom stereocenters. The van der Waals surface area contributed by atoms with Crippen LogP contribution in [-0.4, -0.2) is 0 Å². The molecule has 0 N–H and O–H groups in total. The van der Waals surface area contributed by atoms with Gasteiger partial charge in [0.2, 0.25) is 0 Å². The molecule has 0 bridgehead atoms. The van der Waals surface area contributed by atoms with Crippen molar-refractivity contribution < 1.29 is 0 Å². The summed E-state index contributed by atoms with van der Waals surface area (Å²) >= 11 is 0. The van der Waals surface area contributed by atoms with E-state index in [1.807, 2.05) is 0 Å². The van der Waals surface area contributed by atoms with Crippen LogP contribution >= 0.6 is 0 Å². The quantitative estimate of drug-likeness (QED) is 0.170. The van der Waals surface area contributed by atoms with E-state index in [4.69, 9.17) is 0 Å². The molecule has 0 saturated heterocycles. The summed E-state index contributed by atoms with van der Waals surface area (Å²) in [7, 11) is 0. The minimum atomic E-state index is 1.23. The van der Waals surface area contributed by atoms with Gasteiger partial charge in [-0.25, -0.2) is 0 Å². The zero-order valence-electron chi connectivity index (χ0n) is 28.2. The van der Waals surface area contributed by atoms with Gasteiger partial charge in [-0.3, -0.25) is 0 Å². The summed E-state index contributed by atoms with van der Waals surface area (Å²) in [4.78, 5) is 0. The Labute approximate surface area is 291 Å². The Bertz CT molecular complexity index is 3000. The topological polar surface area (TPSA) is 0 Å². The molecular weight excluding hydrogens is 601 g/mol. The zero-order valence-corrected chi connectivity index (χ0v) is 28.2. The highest BCUT2D eigenvalue weighted by molar-refractivity contribution is 6.26. The maximum absolute atomic E-state index is 2.48. The summed E-state index contributed by atoms with van der Waals surface area (Å²) in [5.41, 5.74) is 10.2. The fourth-order valence-corrected chi connectivity index (χ4v) is 8.44. The Balaban J connectivity index is 1.36. The minimum Gasteiger partial charge on any atom is -0.0616 e. The molecule has 0 saturated carbocycles. The predicted molar refractivity (Wildman–Crippen MR) is 217 cm³/mol. The first-order chi connectivity index (χ1) is 24.6. The second-order valence-electron chi connectivity index (χ2n) is 13.8. The van der Waals surface area contributed by atoms with Crippen LogP contribution in [0, 0.1) is 13.8 Å². The van der Waals surface area contributed by atoms with E-state index in [2.05, 4.69) is 184 Å². The van der Waals surface area contributed by atoms with Crippen LogP contribution in [0.15, 0.2) is 170 Å². The van der Waals surface area contributed by atoms with Crippen molar-refractivity contribution in [1.29, 1.82) is 0 Å². The zero-order chi connectivity index (χ0) is 33.3. The number of hydrogen-bond acceptors (Lipinski definition) is 0. The molecule has 10 aromatic carbocycles. The first-order valence-corrected chi connectivity index (χ1v) is 17.5. The van der Waals surface area contributed by atoms with Crippen molar-refractivity contribution in [2.75, 3.05) is 0 Å². The molecule has 0 heterocycles. The lowest BCUT2D eigenvalue weighted by Crippen LogP contribution is -1.93. The monoisotopic (exact) mass is 634 g/mol. The average Bonchev–Trinajstić information content (AvgIpc) is 3.17. The largest absolute Gasteiger partial charge is 0.0616 e. The van der Waals surface area contributed by atoms with Crippen molar-refractivity contribution >= 4 is 64.6 Å². The number of benzene rings is 10. The van der Waals surface area contributed by atoms with Crippen molar-refractivity contribution in [2.24, 2.45) is 0 Å². The fraction of sp³-hybridized carbons (Fsp3) is 0.0400. The summed E-state index contributed by atoms with van der Waals surface area (Å²) in [5.74, 6) is 0. The summed E-state index contributed by atoms with van der Waals surface area (Å²) in [6.07, 6.45) is 0. The van der Waals surface area contributed by atoms with E-state index >= 15 is 0 Å². The maximum Gasteiger partial charge on any atom is -0.00697 e. The first kappa shape index (κ1) is 28.7. The van der Waals surface area contributed by atoms with Crippen molar-refractivity contribution in [1.82, 2.24) is 0 Å². The maximum atomic E-state index is 2.48. The lowest BCUT2D eigenvalue weighted by atomic mass is 9.83. The van der Waals surface area contributed by atoms with E-state index in [1.165, 1.54) is 109 Å². The molecule has 10 aromatic rings. The molecule has 0 fully saturated rings. The molecule has 0 amide bonds. The molecule has 10 rings (SSSR count). The van der Waals surface area contributed by atoms with Crippen LogP contribution in [0.1, 0.15) is 11.1 Å². The molecule has 234 valence electrons. The highest BCUT2D eigenvalue weighted by atomic mass is 14.2. The fourth-order valence-electron chi connectivity index (χ4n) is 8.44. The Morgan fingerprint density at radius 3 is 1.34 bits per heavy atom. The summed E-state index contributed by atoms with van der Waals surface area (Å²) < 4.78 is 0. The van der Waals surface area contributed by atoms with Gasteiger partial charge in [-0.2, -0.15) is 0 Å². The van der Waals surface area contributed by atoms with Crippen molar-refractivity contribution in [3.63, 3.8) is 0 Å². The van der Waals surface area contributed by atoms with Crippen LogP contribution in [0.4, 0.5) is 0 Å². The Kier molecular flexibility index (Phi) is 6.41. The number of aryl methyl sites for hydroxylation is 2.